The van der Waals surface area contributed by atoms with E-state index in [4.69, 9.17) is 0 Å². The second-order valence-electron chi connectivity index (χ2n) is 3.39. The zero-order valence-corrected chi connectivity index (χ0v) is 12.6. The van der Waals surface area contributed by atoms with E-state index in [1.54, 1.807) is 13.0 Å². The molecule has 6 heteroatoms. The molecule has 2 amide bonds. The fourth-order valence-electron chi connectivity index (χ4n) is 1.50. The number of amides is 2. The summed E-state index contributed by atoms with van der Waals surface area (Å²) < 4.78 is 0. The van der Waals surface area contributed by atoms with E-state index in [0.717, 1.165) is 0 Å². The van der Waals surface area contributed by atoms with Crippen molar-refractivity contribution in [2.75, 3.05) is 0 Å². The first-order valence-corrected chi connectivity index (χ1v) is 5.20. The van der Waals surface area contributed by atoms with Crippen LogP contribution in [0.4, 0.5) is 0 Å². The predicted octanol–water partition coefficient (Wildman–Crippen LogP) is -2.09. The van der Waals surface area contributed by atoms with Gasteiger partial charge < -0.3 is 17.9 Å². The van der Waals surface area contributed by atoms with Gasteiger partial charge in [-0.25, -0.2) is 4.99 Å². The first kappa shape index (κ1) is 15.8. The van der Waals surface area contributed by atoms with Crippen LogP contribution in [0.3, 0.4) is 0 Å². The van der Waals surface area contributed by atoms with E-state index in [0.29, 0.717) is 12.8 Å². The van der Waals surface area contributed by atoms with Gasteiger partial charge in [0.15, 0.2) is 0 Å². The Kier molecular flexibility index (Phi) is 6.40. The van der Waals surface area contributed by atoms with Crippen LogP contribution in [0.2, 0.25) is 0 Å². The fourth-order valence-corrected chi connectivity index (χ4v) is 1.67. The third-order valence-electron chi connectivity index (χ3n) is 2.57. The maximum atomic E-state index is 11.8. The number of hydrogen-bond acceptors (Lipinski definition) is 3. The van der Waals surface area contributed by atoms with Gasteiger partial charge in [-0.1, -0.05) is 19.1 Å². The van der Waals surface area contributed by atoms with Crippen molar-refractivity contribution < 1.29 is 39.1 Å². The summed E-state index contributed by atoms with van der Waals surface area (Å²) in [7, 11) is 0. The van der Waals surface area contributed by atoms with Crippen molar-refractivity contribution in [3.05, 3.63) is 12.2 Å². The molecule has 4 nitrogen and oxygen atoms in total. The Balaban J connectivity index is 0.00000225. The minimum Gasteiger partial charge on any atom is -0.742 e. The van der Waals surface area contributed by atoms with Gasteiger partial charge in [0.1, 0.15) is 5.41 Å². The second-order valence-corrected chi connectivity index (χ2v) is 3.77. The van der Waals surface area contributed by atoms with Gasteiger partial charge in [0.2, 0.25) is 5.91 Å². The monoisotopic (exact) mass is 248 g/mol. The zero-order valence-electron chi connectivity index (χ0n) is 9.74. The second kappa shape index (κ2) is 6.49. The summed E-state index contributed by atoms with van der Waals surface area (Å²) in [5, 5.41) is 2.40. The molecule has 16 heavy (non-hydrogen) atoms. The van der Waals surface area contributed by atoms with Crippen LogP contribution in [0.25, 0.3) is 0 Å². The minimum atomic E-state index is -1.06. The largest absolute Gasteiger partial charge is 1.00 e. The van der Waals surface area contributed by atoms with Gasteiger partial charge in [0.25, 0.3) is 5.91 Å². The van der Waals surface area contributed by atoms with Crippen LogP contribution in [0.15, 0.2) is 17.1 Å². The van der Waals surface area contributed by atoms with Crippen molar-refractivity contribution in [3.63, 3.8) is 0 Å². The van der Waals surface area contributed by atoms with E-state index in [1.165, 1.54) is 0 Å². The Hall–Kier alpha value is -0.230. The van der Waals surface area contributed by atoms with Crippen LogP contribution in [-0.2, 0) is 22.2 Å². The van der Waals surface area contributed by atoms with E-state index < -0.39 is 11.3 Å². The van der Waals surface area contributed by atoms with Crippen molar-refractivity contribution >= 4 is 29.6 Å². The summed E-state index contributed by atoms with van der Waals surface area (Å²) in [6, 6.07) is 0. The number of aliphatic imine (C=N–C) groups is 1. The van der Waals surface area contributed by atoms with Crippen molar-refractivity contribution in [3.8, 4) is 0 Å². The smallest absolute Gasteiger partial charge is 0.742 e. The fraction of sp³-hybridized carbons (Fsp3) is 0.500. The number of amidine groups is 1. The molecule has 0 radical (unpaired) electrons. The predicted molar refractivity (Wildman–Crippen MR) is 60.1 cm³/mol. The third-order valence-corrected chi connectivity index (χ3v) is 2.77. The Morgan fingerprint density at radius 3 is 2.56 bits per heavy atom. The van der Waals surface area contributed by atoms with Crippen LogP contribution in [0.1, 0.15) is 26.7 Å². The molecule has 1 heterocycles. The molecule has 0 saturated heterocycles. The summed E-state index contributed by atoms with van der Waals surface area (Å²) in [5.41, 5.74) is -1.06. The molecular weight excluding hydrogens is 235 g/mol. The van der Waals surface area contributed by atoms with Gasteiger partial charge in [-0.3, -0.25) is 9.59 Å². The van der Waals surface area contributed by atoms with Crippen molar-refractivity contribution in [2.24, 2.45) is 10.4 Å². The third kappa shape index (κ3) is 2.91. The van der Waals surface area contributed by atoms with E-state index in [1.807, 2.05) is 13.0 Å². The van der Waals surface area contributed by atoms with E-state index in [2.05, 4.69) is 22.9 Å². The first-order chi connectivity index (χ1) is 7.06. The molecule has 0 fully saturated rings. The maximum absolute atomic E-state index is 11.8. The van der Waals surface area contributed by atoms with E-state index in [-0.39, 0.29) is 40.6 Å². The van der Waals surface area contributed by atoms with Crippen molar-refractivity contribution in [1.29, 1.82) is 0 Å². The van der Waals surface area contributed by atoms with Crippen LogP contribution in [0.5, 0.6) is 0 Å². The SMILES string of the molecule is C/C=C/CC1(CC)C(=O)N=C([S-])NC1=O.[Na+]. The average Bonchev–Trinajstić information content (AvgIpc) is 2.17. The van der Waals surface area contributed by atoms with Crippen LogP contribution in [-0.4, -0.2) is 17.0 Å². The summed E-state index contributed by atoms with van der Waals surface area (Å²) >= 11 is 4.69. The Labute approximate surface area is 123 Å². The Morgan fingerprint density at radius 1 is 1.50 bits per heavy atom. The first-order valence-electron chi connectivity index (χ1n) is 4.79. The molecule has 0 aromatic heterocycles. The van der Waals surface area contributed by atoms with Crippen molar-refractivity contribution in [1.82, 2.24) is 5.32 Å². The molecule has 1 aliphatic rings. The molecule has 0 aromatic carbocycles. The number of hydrogen-bond donors (Lipinski definition) is 1. The molecule has 1 rings (SSSR count). The Morgan fingerprint density at radius 2 is 2.12 bits per heavy atom. The number of carbonyl (C=O) groups is 2. The molecular formula is C10H13N2NaO2S. The topological polar surface area (TPSA) is 58.5 Å². The van der Waals surface area contributed by atoms with Gasteiger partial charge >= 0.3 is 29.6 Å². The number of rotatable bonds is 3. The molecule has 1 unspecified atom stereocenters. The van der Waals surface area contributed by atoms with Gasteiger partial charge in [0, 0.05) is 0 Å². The molecule has 1 aliphatic heterocycles. The standard InChI is InChI=1S/C10H14N2O2S.Na/c1-3-5-6-10(4-2)7(13)11-9(15)12-8(10)14;/h3,5H,4,6H2,1-2H3,(H2,11,12,13,14,15);/q;+1/p-1/b5-3+;. The molecule has 1 atom stereocenters. The number of carbonyl (C=O) groups excluding carboxylic acids is 2. The quantitative estimate of drug-likeness (QED) is 0.270. The number of allylic oxidation sites excluding steroid dienone is 2. The molecule has 0 spiro atoms. The molecule has 1 N–H and O–H groups in total. The molecule has 0 aliphatic carbocycles. The number of nitrogens with one attached hydrogen (secondary N) is 1. The van der Waals surface area contributed by atoms with Gasteiger partial charge in [-0.15, -0.1) is 0 Å². The number of nitrogens with zero attached hydrogens (tertiary/aromatic N) is 1. The van der Waals surface area contributed by atoms with Crippen LogP contribution >= 0.6 is 0 Å². The van der Waals surface area contributed by atoms with Gasteiger partial charge in [0.05, 0.1) is 0 Å². The molecule has 82 valence electrons. The van der Waals surface area contributed by atoms with Crippen LogP contribution < -0.4 is 34.9 Å². The van der Waals surface area contributed by atoms with E-state index in [9.17, 15) is 9.59 Å². The van der Waals surface area contributed by atoms with E-state index >= 15 is 0 Å². The molecule has 0 saturated carbocycles. The van der Waals surface area contributed by atoms with Crippen LogP contribution in [0, 0.1) is 5.41 Å². The molecule has 0 bridgehead atoms. The van der Waals surface area contributed by atoms with Gasteiger partial charge in [-0.2, -0.15) is 0 Å². The summed E-state index contributed by atoms with van der Waals surface area (Å²) in [4.78, 5) is 27.1. The van der Waals surface area contributed by atoms with Crippen molar-refractivity contribution in [2.45, 2.75) is 26.7 Å². The van der Waals surface area contributed by atoms with Gasteiger partial charge in [-0.05, 0) is 24.9 Å². The minimum absolute atomic E-state index is 0. The molecule has 0 aromatic rings. The summed E-state index contributed by atoms with van der Waals surface area (Å²) in [5.74, 6) is -0.773. The Bertz CT molecular complexity index is 355. The summed E-state index contributed by atoms with van der Waals surface area (Å²) in [6.07, 6.45) is 4.40. The summed E-state index contributed by atoms with van der Waals surface area (Å²) in [6.45, 7) is 3.64. The average molecular weight is 248 g/mol. The normalized spacial score (nSPS) is 25.0. The zero-order chi connectivity index (χ0) is 11.5. The maximum Gasteiger partial charge on any atom is 1.00 e.